The summed E-state index contributed by atoms with van der Waals surface area (Å²) in [5.74, 6) is 0.329. The van der Waals surface area contributed by atoms with Gasteiger partial charge in [-0.2, -0.15) is 11.8 Å². The molecular formula is C22H23FN2O2S. The van der Waals surface area contributed by atoms with Crippen molar-refractivity contribution >= 4 is 29.3 Å². The SMILES string of the molecule is O=C(C1CC(=O)N(c2ccccc2)C1)N1CCSC(c2ccccc2F)CC1. The molecule has 2 fully saturated rings. The van der Waals surface area contributed by atoms with E-state index in [0.29, 0.717) is 25.2 Å². The first-order chi connectivity index (χ1) is 13.6. The number of para-hydroxylation sites is 1. The topological polar surface area (TPSA) is 40.6 Å². The molecule has 4 nitrogen and oxygen atoms in total. The number of nitrogens with zero attached hydrogens (tertiary/aromatic N) is 2. The number of carbonyl (C=O) groups is 2. The number of rotatable bonds is 3. The fraction of sp³-hybridized carbons (Fsp3) is 0.364. The summed E-state index contributed by atoms with van der Waals surface area (Å²) in [6, 6.07) is 16.4. The van der Waals surface area contributed by atoms with Gasteiger partial charge in [-0.25, -0.2) is 4.39 Å². The third-order valence-corrected chi connectivity index (χ3v) is 6.76. The molecular weight excluding hydrogens is 375 g/mol. The van der Waals surface area contributed by atoms with Crippen LogP contribution in [0.2, 0.25) is 0 Å². The normalized spacial score (nSPS) is 23.0. The smallest absolute Gasteiger partial charge is 0.228 e. The first-order valence-corrected chi connectivity index (χ1v) is 10.7. The van der Waals surface area contributed by atoms with Gasteiger partial charge in [0, 0.05) is 48.3 Å². The van der Waals surface area contributed by atoms with Crippen LogP contribution in [0.5, 0.6) is 0 Å². The molecule has 2 aliphatic rings. The molecule has 2 aromatic rings. The van der Waals surface area contributed by atoms with Crippen LogP contribution in [0.1, 0.15) is 23.7 Å². The maximum atomic E-state index is 14.1. The molecule has 2 aromatic carbocycles. The summed E-state index contributed by atoms with van der Waals surface area (Å²) >= 11 is 1.70. The van der Waals surface area contributed by atoms with E-state index in [1.54, 1.807) is 22.7 Å². The van der Waals surface area contributed by atoms with E-state index in [1.807, 2.05) is 47.4 Å². The summed E-state index contributed by atoms with van der Waals surface area (Å²) in [5.41, 5.74) is 1.56. The summed E-state index contributed by atoms with van der Waals surface area (Å²) < 4.78 is 14.1. The molecule has 0 saturated carbocycles. The highest BCUT2D eigenvalue weighted by Gasteiger charge is 2.37. The van der Waals surface area contributed by atoms with Gasteiger partial charge in [0.05, 0.1) is 5.92 Å². The van der Waals surface area contributed by atoms with Gasteiger partial charge in [0.15, 0.2) is 0 Å². The minimum Gasteiger partial charge on any atom is -0.342 e. The fourth-order valence-electron chi connectivity index (χ4n) is 3.96. The van der Waals surface area contributed by atoms with Crippen LogP contribution < -0.4 is 4.90 Å². The van der Waals surface area contributed by atoms with Crippen LogP contribution in [-0.4, -0.2) is 42.1 Å². The van der Waals surface area contributed by atoms with E-state index >= 15 is 0 Å². The Morgan fingerprint density at radius 1 is 1.04 bits per heavy atom. The quantitative estimate of drug-likeness (QED) is 0.788. The second-order valence-electron chi connectivity index (χ2n) is 7.24. The highest BCUT2D eigenvalue weighted by Crippen LogP contribution is 2.36. The molecule has 0 bridgehead atoms. The molecule has 2 unspecified atom stereocenters. The Labute approximate surface area is 168 Å². The van der Waals surface area contributed by atoms with Crippen molar-refractivity contribution < 1.29 is 14.0 Å². The maximum Gasteiger partial charge on any atom is 0.228 e. The molecule has 0 aromatic heterocycles. The summed E-state index contributed by atoms with van der Waals surface area (Å²) in [7, 11) is 0. The predicted octanol–water partition coefficient (Wildman–Crippen LogP) is 3.89. The number of anilines is 1. The monoisotopic (exact) mass is 398 g/mol. The molecule has 2 amide bonds. The van der Waals surface area contributed by atoms with Crippen LogP contribution in [-0.2, 0) is 9.59 Å². The lowest BCUT2D eigenvalue weighted by molar-refractivity contribution is -0.135. The minimum atomic E-state index is -0.303. The molecule has 0 N–H and O–H groups in total. The summed E-state index contributed by atoms with van der Waals surface area (Å²) in [5, 5.41) is 0.0602. The van der Waals surface area contributed by atoms with Crippen molar-refractivity contribution in [2.75, 3.05) is 30.3 Å². The Morgan fingerprint density at radius 3 is 2.57 bits per heavy atom. The molecule has 2 atom stereocenters. The lowest BCUT2D eigenvalue weighted by Gasteiger charge is -2.24. The van der Waals surface area contributed by atoms with Gasteiger partial charge in [0.1, 0.15) is 5.82 Å². The first-order valence-electron chi connectivity index (χ1n) is 9.63. The summed E-state index contributed by atoms with van der Waals surface area (Å²) in [6.07, 6.45) is 0.981. The zero-order chi connectivity index (χ0) is 19.5. The number of amides is 2. The second kappa shape index (κ2) is 8.35. The van der Waals surface area contributed by atoms with Gasteiger partial charge in [-0.3, -0.25) is 9.59 Å². The Kier molecular flexibility index (Phi) is 5.67. The third kappa shape index (κ3) is 3.92. The predicted molar refractivity (Wildman–Crippen MR) is 110 cm³/mol. The van der Waals surface area contributed by atoms with Crippen molar-refractivity contribution in [2.45, 2.75) is 18.1 Å². The van der Waals surface area contributed by atoms with Gasteiger partial charge < -0.3 is 9.80 Å². The third-order valence-electron chi connectivity index (χ3n) is 5.45. The van der Waals surface area contributed by atoms with Crippen LogP contribution in [0.4, 0.5) is 10.1 Å². The number of carbonyl (C=O) groups excluding carboxylic acids is 2. The number of hydrogen-bond acceptors (Lipinski definition) is 3. The van der Waals surface area contributed by atoms with E-state index < -0.39 is 0 Å². The summed E-state index contributed by atoms with van der Waals surface area (Å²) in [4.78, 5) is 29.0. The number of thioether (sulfide) groups is 1. The van der Waals surface area contributed by atoms with Crippen molar-refractivity contribution in [1.29, 1.82) is 0 Å². The van der Waals surface area contributed by atoms with E-state index in [4.69, 9.17) is 0 Å². The van der Waals surface area contributed by atoms with Crippen molar-refractivity contribution in [3.8, 4) is 0 Å². The van der Waals surface area contributed by atoms with Crippen molar-refractivity contribution in [1.82, 2.24) is 4.90 Å². The van der Waals surface area contributed by atoms with Crippen LogP contribution >= 0.6 is 11.8 Å². The largest absolute Gasteiger partial charge is 0.342 e. The van der Waals surface area contributed by atoms with E-state index in [2.05, 4.69) is 0 Å². The Balaban J connectivity index is 1.40. The van der Waals surface area contributed by atoms with Crippen LogP contribution in [0.25, 0.3) is 0 Å². The van der Waals surface area contributed by atoms with Crippen LogP contribution in [0, 0.1) is 11.7 Å². The molecule has 0 spiro atoms. The van der Waals surface area contributed by atoms with E-state index in [1.165, 1.54) is 6.07 Å². The zero-order valence-electron chi connectivity index (χ0n) is 15.6. The first kappa shape index (κ1) is 19.0. The number of hydrogen-bond donors (Lipinski definition) is 0. The molecule has 0 aliphatic carbocycles. The second-order valence-corrected chi connectivity index (χ2v) is 8.55. The van der Waals surface area contributed by atoms with Crippen molar-refractivity contribution in [3.05, 3.63) is 66.0 Å². The fourth-order valence-corrected chi connectivity index (χ4v) is 5.22. The lowest BCUT2D eigenvalue weighted by atomic mass is 10.1. The van der Waals surface area contributed by atoms with E-state index in [9.17, 15) is 14.0 Å². The molecule has 146 valence electrons. The highest BCUT2D eigenvalue weighted by molar-refractivity contribution is 7.99. The molecule has 2 aliphatic heterocycles. The van der Waals surface area contributed by atoms with Gasteiger partial charge in [0.25, 0.3) is 0 Å². The minimum absolute atomic E-state index is 0.00187. The van der Waals surface area contributed by atoms with Crippen molar-refractivity contribution in [2.24, 2.45) is 5.92 Å². The van der Waals surface area contributed by atoms with Gasteiger partial charge in [-0.05, 0) is 24.6 Å². The molecule has 0 radical (unpaired) electrons. The standard InChI is InChI=1S/C22H23FN2O2S/c23-19-9-5-4-8-18(19)20-10-11-24(12-13-28-20)22(27)16-14-21(26)25(15-16)17-6-2-1-3-7-17/h1-9,16,20H,10-15H2. The zero-order valence-corrected chi connectivity index (χ0v) is 16.4. The maximum absolute atomic E-state index is 14.1. The van der Waals surface area contributed by atoms with Gasteiger partial charge in [-0.1, -0.05) is 36.4 Å². The molecule has 28 heavy (non-hydrogen) atoms. The van der Waals surface area contributed by atoms with E-state index in [-0.39, 0.29) is 35.2 Å². The van der Waals surface area contributed by atoms with E-state index in [0.717, 1.165) is 17.9 Å². The van der Waals surface area contributed by atoms with Gasteiger partial charge in [-0.15, -0.1) is 0 Å². The number of halogens is 1. The van der Waals surface area contributed by atoms with Gasteiger partial charge >= 0.3 is 0 Å². The Hall–Kier alpha value is -2.34. The molecule has 4 rings (SSSR count). The van der Waals surface area contributed by atoms with Crippen LogP contribution in [0.3, 0.4) is 0 Å². The average Bonchev–Trinajstić information content (AvgIpc) is 2.95. The van der Waals surface area contributed by atoms with Crippen LogP contribution in [0.15, 0.2) is 54.6 Å². The number of benzene rings is 2. The summed E-state index contributed by atoms with van der Waals surface area (Å²) in [6.45, 7) is 1.67. The van der Waals surface area contributed by atoms with Gasteiger partial charge in [0.2, 0.25) is 11.8 Å². The molecule has 2 saturated heterocycles. The molecule has 6 heteroatoms. The molecule has 2 heterocycles. The highest BCUT2D eigenvalue weighted by atomic mass is 32.2. The average molecular weight is 399 g/mol. The Morgan fingerprint density at radius 2 is 1.79 bits per heavy atom. The lowest BCUT2D eigenvalue weighted by Crippen LogP contribution is -2.38. The van der Waals surface area contributed by atoms with Crippen molar-refractivity contribution in [3.63, 3.8) is 0 Å². The Bertz CT molecular complexity index is 861.